The number of aromatic amines is 1. The van der Waals surface area contributed by atoms with E-state index in [4.69, 9.17) is 16.7 Å². The lowest BCUT2D eigenvalue weighted by Crippen LogP contribution is -2.23. The number of H-pyrrole nitrogens is 1. The number of carbonyl (C=O) groups excluding carboxylic acids is 1. The van der Waals surface area contributed by atoms with Crippen LogP contribution in [-0.4, -0.2) is 19.3 Å². The van der Waals surface area contributed by atoms with Gasteiger partial charge < -0.3 is 10.3 Å². The average Bonchev–Trinajstić information content (AvgIpc) is 2.98. The topological polar surface area (TPSA) is 105 Å². The summed E-state index contributed by atoms with van der Waals surface area (Å²) in [6.07, 6.45) is 0. The lowest BCUT2D eigenvalue weighted by Gasteiger charge is -2.05. The minimum absolute atomic E-state index is 0.0304. The van der Waals surface area contributed by atoms with Gasteiger partial charge in [0.1, 0.15) is 5.69 Å². The van der Waals surface area contributed by atoms with E-state index in [2.05, 4.69) is 10.3 Å². The Morgan fingerprint density at radius 2 is 1.88 bits per heavy atom. The largest absolute Gasteiger partial charge is 0.349 e. The number of sulfonamides is 1. The Balaban J connectivity index is 1.71. The number of nitrogens with one attached hydrogen (secondary N) is 2. The van der Waals surface area contributed by atoms with Crippen LogP contribution in [-0.2, 0) is 16.6 Å². The summed E-state index contributed by atoms with van der Waals surface area (Å²) in [4.78, 5) is 15.2. The fourth-order valence-electron chi connectivity index (χ4n) is 2.32. The highest BCUT2D eigenvalue weighted by molar-refractivity contribution is 7.89. The van der Waals surface area contributed by atoms with Crippen molar-refractivity contribution in [2.24, 2.45) is 5.14 Å². The third-order valence-corrected chi connectivity index (χ3v) is 4.80. The number of fused-ring (bicyclic) bond motifs is 1. The molecule has 124 valence electrons. The van der Waals surface area contributed by atoms with Crippen LogP contribution >= 0.6 is 11.6 Å². The normalized spacial score (nSPS) is 11.6. The van der Waals surface area contributed by atoms with Gasteiger partial charge in [0, 0.05) is 11.9 Å². The van der Waals surface area contributed by atoms with E-state index in [0.717, 1.165) is 10.9 Å². The minimum atomic E-state index is -3.72. The predicted molar refractivity (Wildman–Crippen MR) is 92.3 cm³/mol. The zero-order valence-electron chi connectivity index (χ0n) is 12.4. The molecule has 6 nitrogen and oxygen atoms in total. The molecule has 4 N–H and O–H groups in total. The molecule has 0 bridgehead atoms. The number of carbonyl (C=O) groups is 1. The first-order valence-electron chi connectivity index (χ1n) is 7.02. The SMILES string of the molecule is NS(=O)(=O)c1ccc(CNC(=O)c2cc3cccc(Cl)c3[nH]2)cc1. The molecule has 0 unspecified atom stereocenters. The molecule has 1 heterocycles. The summed E-state index contributed by atoms with van der Waals surface area (Å²) in [6, 6.07) is 13.1. The zero-order chi connectivity index (χ0) is 17.3. The second kappa shape index (κ2) is 6.27. The van der Waals surface area contributed by atoms with Crippen LogP contribution in [0.4, 0.5) is 0 Å². The summed E-state index contributed by atoms with van der Waals surface area (Å²) in [5.41, 5.74) is 1.87. The lowest BCUT2D eigenvalue weighted by molar-refractivity contribution is 0.0946. The van der Waals surface area contributed by atoms with E-state index >= 15 is 0 Å². The molecular formula is C16H14ClN3O3S. The maximum Gasteiger partial charge on any atom is 0.267 e. The summed E-state index contributed by atoms with van der Waals surface area (Å²) in [5, 5.41) is 9.20. The van der Waals surface area contributed by atoms with Crippen molar-refractivity contribution in [1.82, 2.24) is 10.3 Å². The first kappa shape index (κ1) is 16.5. The minimum Gasteiger partial charge on any atom is -0.349 e. The van der Waals surface area contributed by atoms with E-state index in [9.17, 15) is 13.2 Å². The number of rotatable bonds is 4. The number of para-hydroxylation sites is 1. The molecular weight excluding hydrogens is 350 g/mol. The van der Waals surface area contributed by atoms with E-state index in [1.165, 1.54) is 12.1 Å². The monoisotopic (exact) mass is 363 g/mol. The van der Waals surface area contributed by atoms with Crippen LogP contribution < -0.4 is 10.5 Å². The molecule has 1 aromatic heterocycles. The Morgan fingerprint density at radius 3 is 2.50 bits per heavy atom. The van der Waals surface area contributed by atoms with Gasteiger partial charge in [-0.1, -0.05) is 35.9 Å². The van der Waals surface area contributed by atoms with Crippen molar-refractivity contribution in [3.8, 4) is 0 Å². The molecule has 0 spiro atoms. The number of halogens is 1. The fourth-order valence-corrected chi connectivity index (χ4v) is 3.06. The Morgan fingerprint density at radius 1 is 1.17 bits per heavy atom. The Hall–Kier alpha value is -2.35. The summed E-state index contributed by atoms with van der Waals surface area (Å²) in [7, 11) is -3.72. The van der Waals surface area contributed by atoms with Gasteiger partial charge in [0.05, 0.1) is 15.4 Å². The van der Waals surface area contributed by atoms with Crippen molar-refractivity contribution in [3.05, 3.63) is 64.8 Å². The molecule has 0 atom stereocenters. The summed E-state index contributed by atoms with van der Waals surface area (Å²) in [5.74, 6) is -0.280. The molecule has 24 heavy (non-hydrogen) atoms. The molecule has 0 radical (unpaired) electrons. The summed E-state index contributed by atoms with van der Waals surface area (Å²) < 4.78 is 22.4. The van der Waals surface area contributed by atoms with Crippen LogP contribution in [0.2, 0.25) is 5.02 Å². The van der Waals surface area contributed by atoms with E-state index in [1.54, 1.807) is 24.3 Å². The second-order valence-corrected chi connectivity index (χ2v) is 7.23. The third kappa shape index (κ3) is 3.43. The van der Waals surface area contributed by atoms with Crippen LogP contribution in [0.15, 0.2) is 53.4 Å². The molecule has 3 aromatic rings. The van der Waals surface area contributed by atoms with Crippen LogP contribution in [0.25, 0.3) is 10.9 Å². The van der Waals surface area contributed by atoms with Crippen LogP contribution in [0.1, 0.15) is 16.1 Å². The quantitative estimate of drug-likeness (QED) is 0.662. The van der Waals surface area contributed by atoms with Crippen molar-refractivity contribution >= 4 is 38.4 Å². The molecule has 1 amide bonds. The number of primary sulfonamides is 1. The van der Waals surface area contributed by atoms with Crippen LogP contribution in [0, 0.1) is 0 Å². The van der Waals surface area contributed by atoms with Gasteiger partial charge in [0.15, 0.2) is 0 Å². The Labute approximate surface area is 143 Å². The first-order valence-corrected chi connectivity index (χ1v) is 8.94. The van der Waals surface area contributed by atoms with Crippen molar-refractivity contribution in [2.45, 2.75) is 11.4 Å². The zero-order valence-corrected chi connectivity index (χ0v) is 14.0. The standard InChI is InChI=1S/C16H14ClN3O3S/c17-13-3-1-2-11-8-14(20-15(11)13)16(21)19-9-10-4-6-12(7-5-10)24(18,22)23/h1-8,20H,9H2,(H,19,21)(H2,18,22,23). The van der Waals surface area contributed by atoms with Crippen LogP contribution in [0.5, 0.6) is 0 Å². The van der Waals surface area contributed by atoms with Crippen molar-refractivity contribution < 1.29 is 13.2 Å². The number of benzene rings is 2. The predicted octanol–water partition coefficient (Wildman–Crippen LogP) is 2.40. The fraction of sp³-hybridized carbons (Fsp3) is 0.0625. The molecule has 0 aliphatic carbocycles. The Bertz CT molecular complexity index is 1010. The van der Waals surface area contributed by atoms with Crippen molar-refractivity contribution in [3.63, 3.8) is 0 Å². The molecule has 0 aliphatic heterocycles. The highest BCUT2D eigenvalue weighted by Gasteiger charge is 2.11. The lowest BCUT2D eigenvalue weighted by atomic mass is 10.2. The summed E-state index contributed by atoms with van der Waals surface area (Å²) >= 11 is 6.08. The average molecular weight is 364 g/mol. The van der Waals surface area contributed by atoms with E-state index in [-0.39, 0.29) is 17.3 Å². The van der Waals surface area contributed by atoms with Gasteiger partial charge in [-0.15, -0.1) is 0 Å². The van der Waals surface area contributed by atoms with Gasteiger partial charge in [-0.3, -0.25) is 4.79 Å². The maximum atomic E-state index is 12.2. The number of amides is 1. The molecule has 2 aromatic carbocycles. The Kier molecular flexibility index (Phi) is 4.31. The smallest absolute Gasteiger partial charge is 0.267 e. The molecule has 0 saturated heterocycles. The number of nitrogens with two attached hydrogens (primary N) is 1. The molecule has 3 rings (SSSR count). The summed E-state index contributed by atoms with van der Waals surface area (Å²) in [6.45, 7) is 0.257. The molecule has 8 heteroatoms. The van der Waals surface area contributed by atoms with E-state index < -0.39 is 10.0 Å². The number of hydrogen-bond donors (Lipinski definition) is 3. The van der Waals surface area contributed by atoms with Gasteiger partial charge in [0.2, 0.25) is 10.0 Å². The molecule has 0 saturated carbocycles. The van der Waals surface area contributed by atoms with Gasteiger partial charge in [-0.25, -0.2) is 13.6 Å². The van der Waals surface area contributed by atoms with Crippen molar-refractivity contribution in [1.29, 1.82) is 0 Å². The highest BCUT2D eigenvalue weighted by Crippen LogP contribution is 2.23. The van der Waals surface area contributed by atoms with Crippen LogP contribution in [0.3, 0.4) is 0 Å². The number of aromatic nitrogens is 1. The van der Waals surface area contributed by atoms with Crippen molar-refractivity contribution in [2.75, 3.05) is 0 Å². The second-order valence-electron chi connectivity index (χ2n) is 5.26. The first-order chi connectivity index (χ1) is 11.3. The molecule has 0 aliphatic rings. The number of hydrogen-bond acceptors (Lipinski definition) is 3. The van der Waals surface area contributed by atoms with E-state index in [1.807, 2.05) is 12.1 Å². The third-order valence-electron chi connectivity index (χ3n) is 3.55. The van der Waals surface area contributed by atoms with Gasteiger partial charge in [0.25, 0.3) is 5.91 Å². The highest BCUT2D eigenvalue weighted by atomic mass is 35.5. The van der Waals surface area contributed by atoms with Gasteiger partial charge >= 0.3 is 0 Å². The van der Waals surface area contributed by atoms with Gasteiger partial charge in [-0.2, -0.15) is 0 Å². The molecule has 0 fully saturated rings. The maximum absolute atomic E-state index is 12.2. The van der Waals surface area contributed by atoms with Gasteiger partial charge in [-0.05, 0) is 29.8 Å². The van der Waals surface area contributed by atoms with E-state index in [0.29, 0.717) is 16.2 Å².